The maximum Gasteiger partial charge on any atom is 0.122 e. The molecular formula is C14H16O. The minimum atomic E-state index is 0.436. The lowest BCUT2D eigenvalue weighted by Crippen LogP contribution is -1.91. The normalized spacial score (nSPS) is 10.9. The first-order valence-electron chi connectivity index (χ1n) is 5.22. The van der Waals surface area contributed by atoms with Crippen molar-refractivity contribution in [3.8, 4) is 5.75 Å². The van der Waals surface area contributed by atoms with Crippen LogP contribution in [0.4, 0.5) is 0 Å². The zero-order chi connectivity index (χ0) is 11.2. The van der Waals surface area contributed by atoms with Gasteiger partial charge in [0.2, 0.25) is 0 Å². The molecule has 2 aromatic carbocycles. The number of phenolic OH excluding ortho intramolecular Hbond substituents is 1. The lowest BCUT2D eigenvalue weighted by molar-refractivity contribution is 0.467. The number of aryl methyl sites for hydroxylation is 3. The van der Waals surface area contributed by atoms with Crippen molar-refractivity contribution in [3.05, 3.63) is 40.5 Å². The van der Waals surface area contributed by atoms with Crippen LogP contribution < -0.4 is 0 Å². The largest absolute Gasteiger partial charge is 0.507 e. The summed E-state index contributed by atoms with van der Waals surface area (Å²) in [6.07, 6.45) is 0. The van der Waals surface area contributed by atoms with Crippen molar-refractivity contribution >= 4 is 10.8 Å². The number of rotatable bonds is 0. The third kappa shape index (κ3) is 1.30. The van der Waals surface area contributed by atoms with E-state index in [9.17, 15) is 5.11 Å². The molecular weight excluding hydrogens is 184 g/mol. The molecule has 0 heterocycles. The van der Waals surface area contributed by atoms with Gasteiger partial charge in [-0.05, 0) is 60.7 Å². The van der Waals surface area contributed by atoms with Crippen molar-refractivity contribution in [2.75, 3.05) is 0 Å². The van der Waals surface area contributed by atoms with Crippen LogP contribution in [-0.2, 0) is 0 Å². The van der Waals surface area contributed by atoms with E-state index in [1.165, 1.54) is 16.5 Å². The maximum atomic E-state index is 9.98. The fraction of sp³-hybridized carbons (Fsp3) is 0.286. The van der Waals surface area contributed by atoms with Crippen LogP contribution in [-0.4, -0.2) is 5.11 Å². The van der Waals surface area contributed by atoms with Crippen LogP contribution in [0.1, 0.15) is 22.3 Å². The minimum Gasteiger partial charge on any atom is -0.507 e. The first-order valence-corrected chi connectivity index (χ1v) is 5.22. The van der Waals surface area contributed by atoms with E-state index in [4.69, 9.17) is 0 Å². The molecule has 0 unspecified atom stereocenters. The standard InChI is InChI=1S/C14H16O/c1-8-6-5-7-12-11(4)14(15)10(3)9(2)13(8)12/h5-7,15H,1-4H3. The predicted molar refractivity (Wildman–Crippen MR) is 64.6 cm³/mol. The Morgan fingerprint density at radius 3 is 2.20 bits per heavy atom. The van der Waals surface area contributed by atoms with E-state index in [0.29, 0.717) is 5.75 Å². The summed E-state index contributed by atoms with van der Waals surface area (Å²) in [7, 11) is 0. The van der Waals surface area contributed by atoms with Crippen molar-refractivity contribution in [1.29, 1.82) is 0 Å². The van der Waals surface area contributed by atoms with Crippen LogP contribution >= 0.6 is 0 Å². The Balaban J connectivity index is 3.08. The maximum absolute atomic E-state index is 9.98. The van der Waals surface area contributed by atoms with Gasteiger partial charge in [-0.25, -0.2) is 0 Å². The average molecular weight is 200 g/mol. The van der Waals surface area contributed by atoms with Gasteiger partial charge in [-0.3, -0.25) is 0 Å². The molecule has 0 atom stereocenters. The highest BCUT2D eigenvalue weighted by molar-refractivity contribution is 5.94. The molecule has 0 spiro atoms. The minimum absolute atomic E-state index is 0.436. The van der Waals surface area contributed by atoms with Gasteiger partial charge < -0.3 is 5.11 Å². The molecule has 15 heavy (non-hydrogen) atoms. The van der Waals surface area contributed by atoms with Crippen molar-refractivity contribution < 1.29 is 5.11 Å². The summed E-state index contributed by atoms with van der Waals surface area (Å²) < 4.78 is 0. The molecule has 1 N–H and O–H groups in total. The summed E-state index contributed by atoms with van der Waals surface area (Å²) in [6.45, 7) is 8.14. The highest BCUT2D eigenvalue weighted by Gasteiger charge is 2.11. The lowest BCUT2D eigenvalue weighted by Gasteiger charge is -2.14. The van der Waals surface area contributed by atoms with Crippen molar-refractivity contribution in [3.63, 3.8) is 0 Å². The predicted octanol–water partition coefficient (Wildman–Crippen LogP) is 3.78. The number of benzene rings is 2. The van der Waals surface area contributed by atoms with Crippen LogP contribution in [0.25, 0.3) is 10.8 Å². The molecule has 1 nitrogen and oxygen atoms in total. The zero-order valence-corrected chi connectivity index (χ0v) is 9.68. The molecule has 0 amide bonds. The van der Waals surface area contributed by atoms with Crippen LogP contribution in [0.3, 0.4) is 0 Å². The van der Waals surface area contributed by atoms with Crippen molar-refractivity contribution in [2.24, 2.45) is 0 Å². The number of phenols is 1. The summed E-state index contributed by atoms with van der Waals surface area (Å²) in [6, 6.07) is 6.23. The smallest absolute Gasteiger partial charge is 0.122 e. The Labute approximate surface area is 90.4 Å². The van der Waals surface area contributed by atoms with Crippen LogP contribution in [0, 0.1) is 27.7 Å². The lowest BCUT2D eigenvalue weighted by atomic mass is 9.93. The molecule has 0 radical (unpaired) electrons. The first-order chi connectivity index (χ1) is 7.04. The number of aromatic hydroxyl groups is 1. The van der Waals surface area contributed by atoms with Gasteiger partial charge >= 0.3 is 0 Å². The molecule has 0 aliphatic heterocycles. The Kier molecular flexibility index (Phi) is 2.18. The number of hydrogen-bond acceptors (Lipinski definition) is 1. The Bertz CT molecular complexity index is 539. The van der Waals surface area contributed by atoms with Gasteiger partial charge in [0.05, 0.1) is 0 Å². The summed E-state index contributed by atoms with van der Waals surface area (Å²) in [5.74, 6) is 0.436. The van der Waals surface area contributed by atoms with Gasteiger partial charge in [-0.15, -0.1) is 0 Å². The Morgan fingerprint density at radius 2 is 1.53 bits per heavy atom. The highest BCUT2D eigenvalue weighted by atomic mass is 16.3. The van der Waals surface area contributed by atoms with Gasteiger partial charge in [0.15, 0.2) is 0 Å². The zero-order valence-electron chi connectivity index (χ0n) is 9.68. The third-order valence-electron chi connectivity index (χ3n) is 3.32. The molecule has 0 aliphatic carbocycles. The molecule has 1 heteroatoms. The Morgan fingerprint density at radius 1 is 0.867 bits per heavy atom. The Hall–Kier alpha value is -1.50. The third-order valence-corrected chi connectivity index (χ3v) is 3.32. The fourth-order valence-corrected chi connectivity index (χ4v) is 2.25. The van der Waals surface area contributed by atoms with E-state index >= 15 is 0 Å². The molecule has 0 aliphatic rings. The average Bonchev–Trinajstić information content (AvgIpc) is 2.23. The molecule has 2 aromatic rings. The van der Waals surface area contributed by atoms with Gasteiger partial charge in [0, 0.05) is 0 Å². The molecule has 0 aromatic heterocycles. The van der Waals surface area contributed by atoms with E-state index in [1.54, 1.807) is 0 Å². The van der Waals surface area contributed by atoms with Crippen LogP contribution in [0.2, 0.25) is 0 Å². The van der Waals surface area contributed by atoms with Crippen LogP contribution in [0.15, 0.2) is 18.2 Å². The highest BCUT2D eigenvalue weighted by Crippen LogP contribution is 2.35. The van der Waals surface area contributed by atoms with Gasteiger partial charge in [0.25, 0.3) is 0 Å². The van der Waals surface area contributed by atoms with Gasteiger partial charge in [-0.2, -0.15) is 0 Å². The topological polar surface area (TPSA) is 20.2 Å². The van der Waals surface area contributed by atoms with Crippen molar-refractivity contribution in [2.45, 2.75) is 27.7 Å². The molecule has 78 valence electrons. The van der Waals surface area contributed by atoms with E-state index in [0.717, 1.165) is 16.5 Å². The summed E-state index contributed by atoms with van der Waals surface area (Å²) in [5, 5.41) is 12.4. The number of hydrogen-bond donors (Lipinski definition) is 1. The summed E-state index contributed by atoms with van der Waals surface area (Å²) >= 11 is 0. The van der Waals surface area contributed by atoms with Crippen molar-refractivity contribution in [1.82, 2.24) is 0 Å². The van der Waals surface area contributed by atoms with E-state index in [-0.39, 0.29) is 0 Å². The SMILES string of the molecule is Cc1c(O)c(C)c2cccc(C)c2c1C. The molecule has 0 saturated carbocycles. The van der Waals surface area contributed by atoms with Gasteiger partial charge in [0.1, 0.15) is 5.75 Å². The van der Waals surface area contributed by atoms with E-state index < -0.39 is 0 Å². The monoisotopic (exact) mass is 200 g/mol. The first kappa shape index (κ1) is 10.0. The van der Waals surface area contributed by atoms with E-state index in [1.807, 2.05) is 19.9 Å². The summed E-state index contributed by atoms with van der Waals surface area (Å²) in [4.78, 5) is 0. The summed E-state index contributed by atoms with van der Waals surface area (Å²) in [5.41, 5.74) is 4.44. The second-order valence-corrected chi connectivity index (χ2v) is 4.22. The van der Waals surface area contributed by atoms with Crippen LogP contribution in [0.5, 0.6) is 5.75 Å². The number of fused-ring (bicyclic) bond motifs is 1. The second kappa shape index (κ2) is 3.27. The molecule has 0 fully saturated rings. The second-order valence-electron chi connectivity index (χ2n) is 4.22. The molecule has 0 bridgehead atoms. The van der Waals surface area contributed by atoms with Gasteiger partial charge in [-0.1, -0.05) is 18.2 Å². The van der Waals surface area contributed by atoms with E-state index in [2.05, 4.69) is 26.0 Å². The molecule has 2 rings (SSSR count). The quantitative estimate of drug-likeness (QED) is 0.686. The molecule has 0 saturated heterocycles. The fourth-order valence-electron chi connectivity index (χ4n) is 2.25.